The predicted octanol–water partition coefficient (Wildman–Crippen LogP) is 33.0. The van der Waals surface area contributed by atoms with Gasteiger partial charge in [-0.2, -0.15) is 0 Å². The Morgan fingerprint density at radius 3 is 0.652 bits per heavy atom. The van der Waals surface area contributed by atoms with Gasteiger partial charge in [0.25, 0.3) is 0 Å². The van der Waals surface area contributed by atoms with Crippen molar-refractivity contribution in [2.75, 3.05) is 33.5 Å². The number of carbonyl (C=O) groups excluding carboxylic acids is 1. The van der Waals surface area contributed by atoms with Crippen molar-refractivity contribution in [3.05, 3.63) is 275 Å². The maximum Gasteiger partial charge on any atom is 0.337 e. The fourth-order valence-electron chi connectivity index (χ4n) is 16.1. The van der Waals surface area contributed by atoms with Gasteiger partial charge >= 0.3 is 5.97 Å². The molecule has 0 fully saturated rings. The van der Waals surface area contributed by atoms with E-state index < -0.39 is 5.97 Å². The topological polar surface area (TPSA) is 137 Å². The minimum Gasteiger partial charge on any atom is -0.494 e. The van der Waals surface area contributed by atoms with E-state index in [0.717, 1.165) is 131 Å². The van der Waals surface area contributed by atoms with Crippen molar-refractivity contribution in [3.63, 3.8) is 0 Å². The maximum atomic E-state index is 12.5. The van der Waals surface area contributed by atoms with E-state index >= 15 is 0 Å². The minimum absolute atomic E-state index is 0.280. The lowest BCUT2D eigenvalue weighted by atomic mass is 10.0. The molecule has 0 saturated carbocycles. The number of ether oxygens (including phenoxy) is 13. The summed E-state index contributed by atoms with van der Waals surface area (Å²) in [6, 6.07) is 74.0. The van der Waals surface area contributed by atoms with Crippen LogP contribution in [0.4, 0.5) is 0 Å². The molecule has 0 radical (unpaired) electrons. The zero-order valence-corrected chi connectivity index (χ0v) is 80.8. The lowest BCUT2D eigenvalue weighted by Crippen LogP contribution is -2.03. The number of esters is 1. The molecule has 14 heteroatoms. The fourth-order valence-corrected chi connectivity index (χ4v) is 16.1. The standard InChI is InChI=1S/C118H156O14/c1-6-10-14-18-22-26-30-34-38-42-78-121-106-64-46-97(47-65-106)89-129-114-76-58-101(82-116(114)131-91-99-50-68-108(69-51-99)123-80-44-40-36-32-28-24-20-16-12-8-3)93-125-110-72-54-95(55-73-110)87-127-112-84-105(103-60-62-104(63-61-103)118(119)120-5)85-113(86-112)128-88-96-56-74-111(75-57-96)126-94-102-59-77-115(130-90-98-48-66-107(67-49-98)122-79-43-39-35-31-27-23-19-15-11-7-2)117(83-102)132-92-100-52-70-109(71-53-100)124-81-45-41-37-33-29-25-21-17-13-9-4/h46-77,82-86H,6-45,78-81,87-94H2,1-5H3. The Morgan fingerprint density at radius 2 is 0.394 bits per heavy atom. The summed E-state index contributed by atoms with van der Waals surface area (Å²) in [4.78, 5) is 12.5. The third-order valence-corrected chi connectivity index (χ3v) is 24.3. The Labute approximate surface area is 793 Å². The fraction of sp³-hybridized carbons (Fsp3) is 0.483. The lowest BCUT2D eigenvalue weighted by molar-refractivity contribution is 0.0600. The molecular weight excluding hydrogens is 1640 g/mol. The third kappa shape index (κ3) is 42.0. The number of methoxy groups -OCH3 is 1. The Kier molecular flexibility index (Phi) is 50.3. The highest BCUT2D eigenvalue weighted by Gasteiger charge is 2.17. The summed E-state index contributed by atoms with van der Waals surface area (Å²) >= 11 is 0. The van der Waals surface area contributed by atoms with Crippen molar-refractivity contribution in [1.82, 2.24) is 0 Å². The molecule has 0 unspecified atom stereocenters. The summed E-state index contributed by atoms with van der Waals surface area (Å²) < 4.78 is 82.0. The second-order valence-electron chi connectivity index (χ2n) is 35.6. The van der Waals surface area contributed by atoms with Gasteiger partial charge in [0.1, 0.15) is 98.9 Å². The molecule has 10 rings (SSSR count). The Balaban J connectivity index is 0.725. The van der Waals surface area contributed by atoms with Crippen molar-refractivity contribution >= 4 is 5.97 Å². The second kappa shape index (κ2) is 64.2. The molecule has 0 amide bonds. The van der Waals surface area contributed by atoms with E-state index in [9.17, 15) is 4.79 Å². The van der Waals surface area contributed by atoms with E-state index in [4.69, 9.17) is 61.6 Å². The van der Waals surface area contributed by atoms with E-state index in [1.54, 1.807) is 12.1 Å². The van der Waals surface area contributed by atoms with Crippen LogP contribution in [0.1, 0.15) is 339 Å². The molecule has 0 saturated heterocycles. The molecular formula is C118H156O14. The first-order chi connectivity index (χ1) is 65.2. The van der Waals surface area contributed by atoms with Gasteiger partial charge in [0.05, 0.1) is 39.1 Å². The van der Waals surface area contributed by atoms with Gasteiger partial charge in [0, 0.05) is 6.07 Å². The van der Waals surface area contributed by atoms with Crippen LogP contribution in [0.15, 0.2) is 224 Å². The second-order valence-corrected chi connectivity index (χ2v) is 35.6. The summed E-state index contributed by atoms with van der Waals surface area (Å²) in [5, 5.41) is 0. The van der Waals surface area contributed by atoms with Crippen LogP contribution in [0.3, 0.4) is 0 Å². The van der Waals surface area contributed by atoms with Crippen LogP contribution >= 0.6 is 0 Å². The van der Waals surface area contributed by atoms with Gasteiger partial charge in [-0.25, -0.2) is 4.79 Å². The SMILES string of the molecule is CCCCCCCCCCCCOc1ccc(COc2ccc(COc3ccc(COc4cc(OCc5ccc(OCc6ccc(OCc7ccc(OCCCCCCCCCCCC)cc7)c(OCc7ccc(OCCCCCCCCCCCC)cc7)c6)cc5)cc(-c5ccc(C(=O)OC)cc5)c4)cc3)cc2OCc2ccc(OCCCCCCCCCCCC)cc2)cc1. The molecule has 0 atom stereocenters. The highest BCUT2D eigenvalue weighted by molar-refractivity contribution is 5.90. The Bertz CT molecular complexity index is 4400. The smallest absolute Gasteiger partial charge is 0.337 e. The van der Waals surface area contributed by atoms with Gasteiger partial charge in [-0.05, 0) is 203 Å². The Morgan fingerprint density at radius 1 is 0.182 bits per heavy atom. The van der Waals surface area contributed by atoms with E-state index in [1.807, 2.05) is 164 Å². The van der Waals surface area contributed by atoms with Crippen molar-refractivity contribution in [3.8, 4) is 80.1 Å². The number of rotatable bonds is 74. The van der Waals surface area contributed by atoms with Gasteiger partial charge in [-0.3, -0.25) is 0 Å². The average Bonchev–Trinajstić information content (AvgIpc) is 0.826. The number of benzene rings is 10. The molecule has 0 bridgehead atoms. The van der Waals surface area contributed by atoms with Gasteiger partial charge in [-0.1, -0.05) is 356 Å². The normalized spacial score (nSPS) is 11.2. The van der Waals surface area contributed by atoms with Crippen LogP contribution < -0.4 is 56.8 Å². The molecule has 10 aromatic rings. The maximum absolute atomic E-state index is 12.5. The molecule has 0 aromatic heterocycles. The molecule has 0 aliphatic rings. The molecule has 0 N–H and O–H groups in total. The van der Waals surface area contributed by atoms with Gasteiger partial charge in [0.2, 0.25) is 0 Å². The van der Waals surface area contributed by atoms with Crippen LogP contribution in [-0.4, -0.2) is 39.5 Å². The number of carbonyl (C=O) groups is 1. The van der Waals surface area contributed by atoms with Gasteiger partial charge in [-0.15, -0.1) is 0 Å². The molecule has 0 spiro atoms. The first kappa shape index (κ1) is 103. The van der Waals surface area contributed by atoms with Crippen molar-refractivity contribution < 1.29 is 66.4 Å². The van der Waals surface area contributed by atoms with Crippen LogP contribution in [0.5, 0.6) is 69.0 Å². The summed E-state index contributed by atoms with van der Waals surface area (Å²) in [7, 11) is 1.38. The van der Waals surface area contributed by atoms with Crippen LogP contribution in [0.2, 0.25) is 0 Å². The first-order valence-electron chi connectivity index (χ1n) is 50.8. The quantitative estimate of drug-likeness (QED) is 0.0264. The number of unbranched alkanes of at least 4 members (excludes halogenated alkanes) is 36. The summed E-state index contributed by atoms with van der Waals surface area (Å²) in [5.74, 6) is 8.26. The zero-order valence-electron chi connectivity index (χ0n) is 80.8. The van der Waals surface area contributed by atoms with E-state index in [2.05, 4.69) is 76.2 Å². The molecule has 0 heterocycles. The van der Waals surface area contributed by atoms with Gasteiger partial charge in [0.15, 0.2) is 23.0 Å². The molecule has 132 heavy (non-hydrogen) atoms. The van der Waals surface area contributed by atoms with E-state index in [1.165, 1.54) is 238 Å². The van der Waals surface area contributed by atoms with Crippen molar-refractivity contribution in [2.24, 2.45) is 0 Å². The van der Waals surface area contributed by atoms with Crippen molar-refractivity contribution in [1.29, 1.82) is 0 Å². The highest BCUT2D eigenvalue weighted by atomic mass is 16.5. The van der Waals surface area contributed by atoms with Gasteiger partial charge < -0.3 is 61.6 Å². The Hall–Kier alpha value is -10.7. The molecule has 0 aliphatic heterocycles. The summed E-state index contributed by atoms with van der Waals surface area (Å²) in [5.41, 5.74) is 10.0. The number of hydrogen-bond donors (Lipinski definition) is 0. The van der Waals surface area contributed by atoms with Crippen LogP contribution in [0.25, 0.3) is 11.1 Å². The zero-order chi connectivity index (χ0) is 92.0. The van der Waals surface area contributed by atoms with Crippen LogP contribution in [0, 0.1) is 0 Å². The van der Waals surface area contributed by atoms with Crippen molar-refractivity contribution in [2.45, 2.75) is 337 Å². The molecule has 712 valence electrons. The molecule has 10 aromatic carbocycles. The number of hydrogen-bond acceptors (Lipinski definition) is 14. The van der Waals surface area contributed by atoms with E-state index in [-0.39, 0.29) is 13.2 Å². The van der Waals surface area contributed by atoms with Crippen LogP contribution in [-0.2, 0) is 57.6 Å². The monoisotopic (exact) mass is 1800 g/mol. The predicted molar refractivity (Wildman–Crippen MR) is 539 cm³/mol. The highest BCUT2D eigenvalue weighted by Crippen LogP contribution is 2.37. The first-order valence-corrected chi connectivity index (χ1v) is 50.8. The molecule has 0 aliphatic carbocycles. The summed E-state index contributed by atoms with van der Waals surface area (Å²) in [6.07, 6.45) is 51.8. The minimum atomic E-state index is -0.405. The third-order valence-electron chi connectivity index (χ3n) is 24.3. The lowest BCUT2D eigenvalue weighted by Gasteiger charge is -2.16. The average molecular weight is 1800 g/mol. The van der Waals surface area contributed by atoms with E-state index in [0.29, 0.717) is 91.2 Å². The largest absolute Gasteiger partial charge is 0.494 e. The molecule has 14 nitrogen and oxygen atoms in total. The summed E-state index contributed by atoms with van der Waals surface area (Å²) in [6.45, 7) is 14.6.